The Morgan fingerprint density at radius 3 is 2.68 bits per heavy atom. The number of rotatable bonds is 3. The molecule has 19 heavy (non-hydrogen) atoms. The van der Waals surface area contributed by atoms with Crippen molar-refractivity contribution in [2.45, 2.75) is 25.3 Å². The zero-order valence-corrected chi connectivity index (χ0v) is 10.8. The molecule has 2 unspecified atom stereocenters. The van der Waals surface area contributed by atoms with E-state index in [0.717, 1.165) is 31.4 Å². The molecule has 2 nitrogen and oxygen atoms in total. The van der Waals surface area contributed by atoms with Gasteiger partial charge in [-0.15, -0.1) is 11.6 Å². The second-order valence-corrected chi connectivity index (χ2v) is 4.96. The highest BCUT2D eigenvalue weighted by molar-refractivity contribution is 6.18. The summed E-state index contributed by atoms with van der Waals surface area (Å²) in [6, 6.07) is 1.53. The molecule has 0 radical (unpaired) electrons. The zero-order chi connectivity index (χ0) is 14.0. The van der Waals surface area contributed by atoms with Gasteiger partial charge in [0.1, 0.15) is 0 Å². The fourth-order valence-electron chi connectivity index (χ4n) is 2.36. The molecular formula is C13H13ClF3NO. The molecule has 6 heteroatoms. The number of hydrogen-bond acceptors (Lipinski definition) is 1. The van der Waals surface area contributed by atoms with Crippen LogP contribution < -0.4 is 5.32 Å². The first-order chi connectivity index (χ1) is 9.04. The van der Waals surface area contributed by atoms with Gasteiger partial charge in [0.2, 0.25) is 0 Å². The van der Waals surface area contributed by atoms with Crippen molar-refractivity contribution in [3.63, 3.8) is 0 Å². The monoisotopic (exact) mass is 291 g/mol. The number of hydrogen-bond donors (Lipinski definition) is 1. The third-order valence-electron chi connectivity index (χ3n) is 3.45. The maximum Gasteiger partial charge on any atom is 0.254 e. The summed E-state index contributed by atoms with van der Waals surface area (Å²) in [6.45, 7) is 0. The lowest BCUT2D eigenvalue weighted by Crippen LogP contribution is -2.38. The average Bonchev–Trinajstić information content (AvgIpc) is 2.83. The van der Waals surface area contributed by atoms with Crippen LogP contribution in [0.15, 0.2) is 12.1 Å². The third kappa shape index (κ3) is 2.86. The fourth-order valence-corrected chi connectivity index (χ4v) is 2.73. The largest absolute Gasteiger partial charge is 0.349 e. The first kappa shape index (κ1) is 14.2. The molecule has 2 rings (SSSR count). The van der Waals surface area contributed by atoms with Gasteiger partial charge in [-0.25, -0.2) is 13.2 Å². The molecule has 1 aliphatic rings. The highest BCUT2D eigenvalue weighted by Gasteiger charge is 2.29. The topological polar surface area (TPSA) is 29.1 Å². The summed E-state index contributed by atoms with van der Waals surface area (Å²) >= 11 is 5.77. The molecule has 1 aromatic rings. The number of halogens is 4. The summed E-state index contributed by atoms with van der Waals surface area (Å²) in [6.07, 6.45) is 2.59. The molecule has 1 saturated carbocycles. The minimum Gasteiger partial charge on any atom is -0.349 e. The van der Waals surface area contributed by atoms with Crippen LogP contribution in [-0.2, 0) is 0 Å². The van der Waals surface area contributed by atoms with E-state index in [4.69, 9.17) is 11.6 Å². The molecule has 1 aliphatic carbocycles. The van der Waals surface area contributed by atoms with Crippen LogP contribution >= 0.6 is 11.6 Å². The molecule has 0 spiro atoms. The Morgan fingerprint density at radius 2 is 2.00 bits per heavy atom. The lowest BCUT2D eigenvalue weighted by Gasteiger charge is -2.19. The smallest absolute Gasteiger partial charge is 0.254 e. The summed E-state index contributed by atoms with van der Waals surface area (Å²) in [7, 11) is 0. The van der Waals surface area contributed by atoms with Gasteiger partial charge < -0.3 is 5.32 Å². The van der Waals surface area contributed by atoms with Crippen LogP contribution in [0.3, 0.4) is 0 Å². The summed E-state index contributed by atoms with van der Waals surface area (Å²) in [4.78, 5) is 11.9. The lowest BCUT2D eigenvalue weighted by molar-refractivity contribution is 0.0924. The Kier molecular flexibility index (Phi) is 4.34. The lowest BCUT2D eigenvalue weighted by atomic mass is 10.1. The maximum absolute atomic E-state index is 13.5. The summed E-state index contributed by atoms with van der Waals surface area (Å²) in [5.41, 5.74) is -0.487. The Morgan fingerprint density at radius 1 is 1.26 bits per heavy atom. The van der Waals surface area contributed by atoms with E-state index in [1.54, 1.807) is 0 Å². The predicted molar refractivity (Wildman–Crippen MR) is 65.6 cm³/mol. The predicted octanol–water partition coefficient (Wildman–Crippen LogP) is 3.24. The molecule has 0 saturated heterocycles. The van der Waals surface area contributed by atoms with E-state index in [9.17, 15) is 18.0 Å². The standard InChI is InChI=1S/C13H13ClF3NO/c14-6-7-2-1-3-10(7)18-13(19)8-4-5-9(15)12(17)11(8)16/h4-5,7,10H,1-3,6H2,(H,18,19). The van der Waals surface area contributed by atoms with Gasteiger partial charge in [-0.3, -0.25) is 4.79 Å². The first-order valence-electron chi connectivity index (χ1n) is 6.05. The van der Waals surface area contributed by atoms with Gasteiger partial charge in [0.05, 0.1) is 5.56 Å². The van der Waals surface area contributed by atoms with Crippen LogP contribution in [0.25, 0.3) is 0 Å². The van der Waals surface area contributed by atoms with Gasteiger partial charge in [0, 0.05) is 11.9 Å². The molecular weight excluding hydrogens is 279 g/mol. The Labute approximate surface area is 113 Å². The van der Waals surface area contributed by atoms with E-state index in [0.29, 0.717) is 5.88 Å². The Bertz CT molecular complexity index is 495. The van der Waals surface area contributed by atoms with Crippen LogP contribution in [-0.4, -0.2) is 17.8 Å². The van der Waals surface area contributed by atoms with Crippen molar-refractivity contribution in [1.82, 2.24) is 5.32 Å². The highest BCUT2D eigenvalue weighted by Crippen LogP contribution is 2.27. The van der Waals surface area contributed by atoms with Gasteiger partial charge in [0.25, 0.3) is 5.91 Å². The molecule has 0 aliphatic heterocycles. The van der Waals surface area contributed by atoms with E-state index in [1.807, 2.05) is 0 Å². The SMILES string of the molecule is O=C(NC1CCCC1CCl)c1ccc(F)c(F)c1F. The normalized spacial score (nSPS) is 22.5. The summed E-state index contributed by atoms with van der Waals surface area (Å²) in [5.74, 6) is -4.59. The number of carbonyl (C=O) groups is 1. The average molecular weight is 292 g/mol. The minimum absolute atomic E-state index is 0.138. The highest BCUT2D eigenvalue weighted by atomic mass is 35.5. The van der Waals surface area contributed by atoms with Crippen LogP contribution in [0.2, 0.25) is 0 Å². The first-order valence-corrected chi connectivity index (χ1v) is 6.58. The number of benzene rings is 1. The Hall–Kier alpha value is -1.23. The van der Waals surface area contributed by atoms with Gasteiger partial charge >= 0.3 is 0 Å². The molecule has 1 amide bonds. The second-order valence-electron chi connectivity index (χ2n) is 4.65. The van der Waals surface area contributed by atoms with Crippen molar-refractivity contribution >= 4 is 17.5 Å². The van der Waals surface area contributed by atoms with Crippen LogP contribution in [0.1, 0.15) is 29.6 Å². The van der Waals surface area contributed by atoms with Crippen molar-refractivity contribution < 1.29 is 18.0 Å². The number of nitrogens with one attached hydrogen (secondary N) is 1. The third-order valence-corrected chi connectivity index (χ3v) is 3.85. The van der Waals surface area contributed by atoms with Gasteiger partial charge in [-0.1, -0.05) is 6.42 Å². The molecule has 104 valence electrons. The van der Waals surface area contributed by atoms with Gasteiger partial charge in [-0.05, 0) is 30.9 Å². The van der Waals surface area contributed by atoms with Gasteiger partial charge in [0.15, 0.2) is 17.5 Å². The molecule has 1 aromatic carbocycles. The molecule has 2 atom stereocenters. The summed E-state index contributed by atoms with van der Waals surface area (Å²) < 4.78 is 39.3. The molecule has 1 fully saturated rings. The van der Waals surface area contributed by atoms with Crippen molar-refractivity contribution in [3.05, 3.63) is 35.1 Å². The number of alkyl halides is 1. The van der Waals surface area contributed by atoms with Crippen molar-refractivity contribution in [2.24, 2.45) is 5.92 Å². The molecule has 0 heterocycles. The molecule has 0 aromatic heterocycles. The molecule has 1 N–H and O–H groups in total. The van der Waals surface area contributed by atoms with E-state index in [2.05, 4.69) is 5.32 Å². The van der Waals surface area contributed by atoms with Crippen LogP contribution in [0.4, 0.5) is 13.2 Å². The van der Waals surface area contributed by atoms with Crippen molar-refractivity contribution in [2.75, 3.05) is 5.88 Å². The zero-order valence-electron chi connectivity index (χ0n) is 10.1. The second kappa shape index (κ2) is 5.82. The van der Waals surface area contributed by atoms with E-state index >= 15 is 0 Å². The molecule has 0 bridgehead atoms. The maximum atomic E-state index is 13.5. The fraction of sp³-hybridized carbons (Fsp3) is 0.462. The van der Waals surface area contributed by atoms with E-state index < -0.39 is 28.9 Å². The summed E-state index contributed by atoms with van der Waals surface area (Å²) in [5, 5.41) is 2.63. The van der Waals surface area contributed by atoms with Crippen LogP contribution in [0, 0.1) is 23.4 Å². The van der Waals surface area contributed by atoms with Crippen molar-refractivity contribution in [1.29, 1.82) is 0 Å². The van der Waals surface area contributed by atoms with E-state index in [1.165, 1.54) is 0 Å². The number of carbonyl (C=O) groups excluding carboxylic acids is 1. The number of amides is 1. The Balaban J connectivity index is 2.14. The van der Waals surface area contributed by atoms with Gasteiger partial charge in [-0.2, -0.15) is 0 Å². The van der Waals surface area contributed by atoms with Crippen LogP contribution in [0.5, 0.6) is 0 Å². The minimum atomic E-state index is -1.63. The van der Waals surface area contributed by atoms with E-state index in [-0.39, 0.29) is 12.0 Å². The quantitative estimate of drug-likeness (QED) is 0.672. The van der Waals surface area contributed by atoms with Crippen molar-refractivity contribution in [3.8, 4) is 0 Å².